The fourth-order valence-corrected chi connectivity index (χ4v) is 11.9. The number of hydrogen-bond donors (Lipinski definition) is 3. The van der Waals surface area contributed by atoms with Crippen molar-refractivity contribution < 1.29 is 19.8 Å². The number of aromatic nitrogens is 20. The molecule has 2 aliphatic carbocycles. The molecule has 107 heavy (non-hydrogen) atoms. The Morgan fingerprint density at radius 1 is 0.430 bits per heavy atom. The van der Waals surface area contributed by atoms with E-state index in [9.17, 15) is 9.59 Å². The normalized spacial score (nSPS) is 12.9. The molecule has 6 aromatic carbocycles. The van der Waals surface area contributed by atoms with Gasteiger partial charge in [0.2, 0.25) is 0 Å². The zero-order valence-electron chi connectivity index (χ0n) is 61.3. The molecule has 2 aliphatic rings. The first-order valence-electron chi connectivity index (χ1n) is 34.6. The van der Waals surface area contributed by atoms with Gasteiger partial charge in [-0.3, -0.25) is 24.5 Å². The first kappa shape index (κ1) is 79.3. The summed E-state index contributed by atoms with van der Waals surface area (Å²) in [7, 11) is 21.7. The molecule has 26 nitrogen and oxygen atoms in total. The maximum absolute atomic E-state index is 10.5. The Morgan fingerprint density at radius 3 is 1.11 bits per heavy atom. The second-order valence-corrected chi connectivity index (χ2v) is 24.5. The van der Waals surface area contributed by atoms with Crippen LogP contribution >= 0.6 is 9.12 Å². The summed E-state index contributed by atoms with van der Waals surface area (Å²) in [5.41, 5.74) is 11.4. The van der Waals surface area contributed by atoms with Gasteiger partial charge in [-0.1, -0.05) is 194 Å². The van der Waals surface area contributed by atoms with Gasteiger partial charge in [-0.25, -0.2) is 0 Å². The van der Waals surface area contributed by atoms with Gasteiger partial charge in [0.05, 0.1) is 31.5 Å². The number of benzene rings is 6. The summed E-state index contributed by atoms with van der Waals surface area (Å²) < 4.78 is 10.9. The molecule has 0 amide bonds. The zero-order valence-corrected chi connectivity index (χ0v) is 62.4. The highest BCUT2D eigenvalue weighted by atomic mass is 31.0. The predicted molar refractivity (Wildman–Crippen MR) is 417 cm³/mol. The summed E-state index contributed by atoms with van der Waals surface area (Å²) in [5, 5.41) is 69.0. The molecule has 0 fully saturated rings. The highest BCUT2D eigenvalue weighted by molar-refractivity contribution is 7.49. The molecule has 8 aromatic heterocycles. The van der Waals surface area contributed by atoms with Crippen molar-refractivity contribution in [3.8, 4) is 68.3 Å². The average Bonchev–Trinajstić information content (AvgIpc) is 1.79. The number of aliphatic hydroxyl groups is 2. The molecular formula is C79H88BN22O4P. The van der Waals surface area contributed by atoms with E-state index in [-0.39, 0.29) is 13.2 Å². The van der Waals surface area contributed by atoms with Gasteiger partial charge >= 0.3 is 0 Å². The van der Waals surface area contributed by atoms with E-state index in [0.29, 0.717) is 59.6 Å². The van der Waals surface area contributed by atoms with Crippen molar-refractivity contribution in [2.45, 2.75) is 70.4 Å². The predicted octanol–water partition coefficient (Wildman–Crippen LogP) is 11.0. The molecule has 0 spiro atoms. The van der Waals surface area contributed by atoms with Gasteiger partial charge in [-0.15, -0.1) is 61.2 Å². The van der Waals surface area contributed by atoms with Crippen LogP contribution in [0.5, 0.6) is 0 Å². The minimum Gasteiger partial charge on any atom is -0.388 e. The van der Waals surface area contributed by atoms with E-state index in [2.05, 4.69) is 125 Å². The number of carbonyl (C=O) groups is 2. The first-order chi connectivity index (χ1) is 52.3. The minimum absolute atomic E-state index is 0.0870. The van der Waals surface area contributed by atoms with E-state index in [1.54, 1.807) is 38.7 Å². The number of nitrogens with zero attached hydrogens (tertiary/aromatic N) is 21. The maximum atomic E-state index is 10.5. The van der Waals surface area contributed by atoms with Gasteiger partial charge < -0.3 is 42.9 Å². The zero-order chi connectivity index (χ0) is 75.9. The molecule has 0 aliphatic heterocycles. The summed E-state index contributed by atoms with van der Waals surface area (Å²) >= 11 is 0. The summed E-state index contributed by atoms with van der Waals surface area (Å²) in [4.78, 5) is 32.5. The van der Waals surface area contributed by atoms with Crippen LogP contribution < -0.4 is 5.32 Å². The number of aryl methyl sites for hydroxylation is 3. The Kier molecular flexibility index (Phi) is 30.4. The van der Waals surface area contributed by atoms with Crippen LogP contribution in [0, 0.1) is 0 Å². The molecule has 8 heterocycles. The Labute approximate surface area is 626 Å². The number of fused-ring (bicyclic) bond motifs is 2. The van der Waals surface area contributed by atoms with Gasteiger partial charge in [0.15, 0.2) is 70.8 Å². The minimum atomic E-state index is -0.0870. The number of carbonyl (C=O) groups excluding carboxylic acids is 2. The van der Waals surface area contributed by atoms with Crippen LogP contribution in [0.15, 0.2) is 225 Å². The molecule has 0 saturated heterocycles. The van der Waals surface area contributed by atoms with Crippen LogP contribution in [0.2, 0.25) is 0 Å². The van der Waals surface area contributed by atoms with Crippen molar-refractivity contribution in [1.29, 1.82) is 0 Å². The van der Waals surface area contributed by atoms with Crippen molar-refractivity contribution >= 4 is 29.3 Å². The monoisotopic (exact) mass is 1450 g/mol. The number of pyridine rings is 2. The number of nitrogens with one attached hydrogen (secondary N) is 1. The number of rotatable bonds is 14. The molecule has 546 valence electrons. The largest absolute Gasteiger partial charge is 0.388 e. The van der Waals surface area contributed by atoms with Gasteiger partial charge in [-0.05, 0) is 75.9 Å². The topological polar surface area (TPSA) is 300 Å². The summed E-state index contributed by atoms with van der Waals surface area (Å²) in [6.07, 6.45) is 14.1. The van der Waals surface area contributed by atoms with E-state index in [4.69, 9.17) is 10.2 Å². The standard InChI is InChI=1S/C20H23N5.2C10H11N3O.2C10H9N3O.C10H14N2.C9H9N3.BH2P/c1-24(17-12-6-10-15-11-7-13-21-19(15)17)14-18-22-23-20(25(18)2)16-8-4-3-5-9-16;4*1-13-9(7-14)11-12-10(13)8-5-3-2-4-6-8;1-11-9-6-2-4-8-5-3-7-12-10(8)9;1-12-7-10-11-9(12)8-5-3-2-4-6-8;1-2/h3-5,7-9,11,13,17H,6,10,12,14H2,1-2H3;2*2-6,14H,7H2,1H3;2*2-7H,1H3;3,5,7,9,11H,2,4,6H2,1H3;2-7H,1H3;2H2. The van der Waals surface area contributed by atoms with Crippen molar-refractivity contribution in [2.24, 2.45) is 42.3 Å². The molecule has 0 saturated carbocycles. The van der Waals surface area contributed by atoms with Crippen molar-refractivity contribution in [3.05, 3.63) is 277 Å². The van der Waals surface area contributed by atoms with E-state index in [1.165, 1.54) is 48.2 Å². The lowest BCUT2D eigenvalue weighted by atomic mass is 9.91. The van der Waals surface area contributed by atoms with E-state index in [0.717, 1.165) is 81.9 Å². The lowest BCUT2D eigenvalue weighted by Gasteiger charge is -2.31. The van der Waals surface area contributed by atoms with Gasteiger partial charge in [0, 0.05) is 94.1 Å². The smallest absolute Gasteiger partial charge is 0.196 e. The van der Waals surface area contributed by atoms with Gasteiger partial charge in [0.1, 0.15) is 25.4 Å². The number of aldehydes is 2. The first-order valence-corrected chi connectivity index (χ1v) is 35.3. The molecule has 3 N–H and O–H groups in total. The van der Waals surface area contributed by atoms with Crippen LogP contribution in [-0.4, -0.2) is 148 Å². The Hall–Kier alpha value is -11.9. The number of aliphatic hydroxyl groups excluding tert-OH is 2. The Balaban J connectivity index is 0.000000146. The molecule has 3 atom stereocenters. The van der Waals surface area contributed by atoms with Crippen LogP contribution in [0.25, 0.3) is 68.3 Å². The second kappa shape index (κ2) is 41.0. The molecule has 28 heteroatoms. The van der Waals surface area contributed by atoms with Crippen LogP contribution in [0.3, 0.4) is 0 Å². The SMILES string of the molecule is CN(Cc1nnc(-c2ccccc2)n1C)C1CCCc2cccnc21.CNC1CCCc2cccnc21.Cn1c(C=O)nnc1-c1ccccc1.Cn1c(C=O)nnc1-c1ccccc1.Cn1c(CO)nnc1-c1ccccc1.Cn1c(CO)nnc1-c1ccccc1.Cn1cnnc1-c1ccccc1.[B]P. The Morgan fingerprint density at radius 2 is 0.766 bits per heavy atom. The van der Waals surface area contributed by atoms with E-state index < -0.39 is 0 Å². The molecule has 0 bridgehead atoms. The molecule has 3 unspecified atom stereocenters. The average molecular weight is 1450 g/mol. The molecule has 16 rings (SSSR count). The van der Waals surface area contributed by atoms with E-state index >= 15 is 0 Å². The fourth-order valence-electron chi connectivity index (χ4n) is 11.9. The highest BCUT2D eigenvalue weighted by Gasteiger charge is 2.27. The third-order valence-corrected chi connectivity index (χ3v) is 17.7. The summed E-state index contributed by atoms with van der Waals surface area (Å²) in [5.74, 6) is 7.55. The lowest BCUT2D eigenvalue weighted by molar-refractivity contribution is 0.110. The van der Waals surface area contributed by atoms with E-state index in [1.807, 2.05) is 243 Å². The lowest BCUT2D eigenvalue weighted by Crippen LogP contribution is -2.29. The van der Waals surface area contributed by atoms with Crippen molar-refractivity contribution in [3.63, 3.8) is 0 Å². The highest BCUT2D eigenvalue weighted by Crippen LogP contribution is 2.33. The molecular weight excluding hydrogens is 1360 g/mol. The third-order valence-electron chi connectivity index (χ3n) is 17.7. The second-order valence-electron chi connectivity index (χ2n) is 24.5. The van der Waals surface area contributed by atoms with Crippen molar-refractivity contribution in [1.82, 2.24) is 109 Å². The summed E-state index contributed by atoms with van der Waals surface area (Å²) in [6, 6.07) is 68.3. The van der Waals surface area contributed by atoms with Crippen LogP contribution in [0.4, 0.5) is 0 Å². The Bertz CT molecular complexity index is 4790. The van der Waals surface area contributed by atoms with Crippen molar-refractivity contribution in [2.75, 3.05) is 14.1 Å². The molecule has 14 aromatic rings. The number of hydrogen-bond acceptors (Lipinski definition) is 20. The summed E-state index contributed by atoms with van der Waals surface area (Å²) in [6.45, 7) is 0.587. The van der Waals surface area contributed by atoms with Crippen LogP contribution in [-0.2, 0) is 74.9 Å². The quantitative estimate of drug-likeness (QED) is 0.0518. The van der Waals surface area contributed by atoms with Gasteiger partial charge in [0.25, 0.3) is 0 Å². The fraction of sp³-hybridized carbons (Fsp3) is 0.241. The van der Waals surface area contributed by atoms with Crippen LogP contribution in [0.1, 0.15) is 99.0 Å². The third kappa shape index (κ3) is 21.0. The van der Waals surface area contributed by atoms with Gasteiger partial charge in [-0.2, -0.15) is 9.12 Å². The molecule has 2 radical (unpaired) electrons. The maximum Gasteiger partial charge on any atom is 0.196 e.